The number of nitrogens with zero attached hydrogens (tertiary/aromatic N) is 2. The highest BCUT2D eigenvalue weighted by Gasteiger charge is 2.20. The van der Waals surface area contributed by atoms with Gasteiger partial charge in [-0.3, -0.25) is 14.6 Å². The number of hydrogen-bond acceptors (Lipinski definition) is 4. The van der Waals surface area contributed by atoms with Crippen LogP contribution < -0.4 is 10.1 Å². The fraction of sp³-hybridized carbons (Fsp3) is 0.409. The number of carbonyl (C=O) groups excluding carboxylic acids is 1. The summed E-state index contributed by atoms with van der Waals surface area (Å²) in [5.74, 6) is 0.909. The number of anilines is 1. The Morgan fingerprint density at radius 2 is 1.79 bits per heavy atom. The highest BCUT2D eigenvalue weighted by Crippen LogP contribution is 2.24. The molecule has 3 rings (SSSR count). The molecule has 1 fully saturated rings. The average Bonchev–Trinajstić information content (AvgIpc) is 2.70. The summed E-state index contributed by atoms with van der Waals surface area (Å²) in [6.45, 7) is 6.87. The van der Waals surface area contributed by atoms with Gasteiger partial charge in [-0.05, 0) is 36.2 Å². The molecule has 1 aliphatic heterocycles. The number of amides is 1. The summed E-state index contributed by atoms with van der Waals surface area (Å²) >= 11 is 6.13. The number of methoxy groups -OCH3 is 1. The standard InChI is InChI=1S/C22H28ClN3O2/c1-3-17-6-4-5-7-20(17)24-22(27)16-26-12-10-25(11-13-26)15-18-14-19(23)8-9-21(18)28-2/h4-9,14H,3,10-13,15-16H2,1-2H3,(H,24,27). The molecular weight excluding hydrogens is 374 g/mol. The van der Waals surface area contributed by atoms with E-state index in [9.17, 15) is 4.79 Å². The smallest absolute Gasteiger partial charge is 0.238 e. The van der Waals surface area contributed by atoms with Gasteiger partial charge in [0, 0.05) is 49.0 Å². The molecule has 150 valence electrons. The molecule has 0 unspecified atom stereocenters. The summed E-state index contributed by atoms with van der Waals surface area (Å²) in [6, 6.07) is 13.7. The Balaban J connectivity index is 1.49. The summed E-state index contributed by atoms with van der Waals surface area (Å²) in [4.78, 5) is 17.0. The van der Waals surface area contributed by atoms with E-state index in [0.717, 1.165) is 66.7 Å². The summed E-state index contributed by atoms with van der Waals surface area (Å²) in [5.41, 5.74) is 3.18. The Morgan fingerprint density at radius 3 is 2.50 bits per heavy atom. The molecule has 0 bridgehead atoms. The van der Waals surface area contributed by atoms with Crippen molar-refractivity contribution in [3.63, 3.8) is 0 Å². The van der Waals surface area contributed by atoms with Gasteiger partial charge in [-0.25, -0.2) is 0 Å². The van der Waals surface area contributed by atoms with Gasteiger partial charge < -0.3 is 10.1 Å². The van der Waals surface area contributed by atoms with Crippen LogP contribution in [-0.2, 0) is 17.8 Å². The summed E-state index contributed by atoms with van der Waals surface area (Å²) < 4.78 is 5.44. The van der Waals surface area contributed by atoms with Crippen molar-refractivity contribution in [3.8, 4) is 5.75 Å². The minimum atomic E-state index is 0.0471. The van der Waals surface area contributed by atoms with Crippen LogP contribution in [0.25, 0.3) is 0 Å². The fourth-order valence-corrected chi connectivity index (χ4v) is 3.76. The maximum Gasteiger partial charge on any atom is 0.238 e. The van der Waals surface area contributed by atoms with Crippen molar-refractivity contribution in [1.29, 1.82) is 0 Å². The normalized spacial score (nSPS) is 15.4. The molecule has 1 amide bonds. The lowest BCUT2D eigenvalue weighted by Crippen LogP contribution is -2.48. The second-order valence-corrected chi connectivity index (χ2v) is 7.50. The number of piperazine rings is 1. The van der Waals surface area contributed by atoms with Gasteiger partial charge in [0.2, 0.25) is 5.91 Å². The van der Waals surface area contributed by atoms with E-state index in [-0.39, 0.29) is 5.91 Å². The Kier molecular flexibility index (Phi) is 7.31. The molecule has 1 N–H and O–H groups in total. The van der Waals surface area contributed by atoms with Gasteiger partial charge >= 0.3 is 0 Å². The molecule has 2 aromatic rings. The van der Waals surface area contributed by atoms with Crippen molar-refractivity contribution in [2.45, 2.75) is 19.9 Å². The van der Waals surface area contributed by atoms with Gasteiger partial charge in [0.15, 0.2) is 0 Å². The molecule has 5 nitrogen and oxygen atoms in total. The zero-order valence-electron chi connectivity index (χ0n) is 16.6. The third kappa shape index (κ3) is 5.47. The lowest BCUT2D eigenvalue weighted by atomic mass is 10.1. The molecule has 1 saturated heterocycles. The quantitative estimate of drug-likeness (QED) is 0.768. The van der Waals surface area contributed by atoms with Crippen LogP contribution in [-0.4, -0.2) is 55.5 Å². The van der Waals surface area contributed by atoms with Crippen molar-refractivity contribution < 1.29 is 9.53 Å². The fourth-order valence-electron chi connectivity index (χ4n) is 3.56. The maximum absolute atomic E-state index is 12.4. The molecule has 0 atom stereocenters. The summed E-state index contributed by atoms with van der Waals surface area (Å²) in [5, 5.41) is 3.78. The van der Waals surface area contributed by atoms with Crippen LogP contribution in [0.2, 0.25) is 5.02 Å². The lowest BCUT2D eigenvalue weighted by molar-refractivity contribution is -0.117. The monoisotopic (exact) mass is 401 g/mol. The molecule has 0 aliphatic carbocycles. The molecule has 2 aromatic carbocycles. The molecule has 0 aromatic heterocycles. The van der Waals surface area contributed by atoms with Gasteiger partial charge in [-0.2, -0.15) is 0 Å². The van der Waals surface area contributed by atoms with Crippen molar-refractivity contribution in [1.82, 2.24) is 9.80 Å². The molecule has 0 saturated carbocycles. The van der Waals surface area contributed by atoms with Gasteiger partial charge in [0.25, 0.3) is 0 Å². The highest BCUT2D eigenvalue weighted by atomic mass is 35.5. The van der Waals surface area contributed by atoms with Crippen molar-refractivity contribution in [2.75, 3.05) is 45.2 Å². The minimum Gasteiger partial charge on any atom is -0.496 e. The molecular formula is C22H28ClN3O2. The Morgan fingerprint density at radius 1 is 1.07 bits per heavy atom. The van der Waals surface area contributed by atoms with Crippen LogP contribution in [0.1, 0.15) is 18.1 Å². The number of hydrogen-bond donors (Lipinski definition) is 1. The first-order valence-corrected chi connectivity index (χ1v) is 10.1. The molecule has 0 radical (unpaired) electrons. The predicted octanol–water partition coefficient (Wildman–Crippen LogP) is 3.67. The molecule has 1 heterocycles. The van der Waals surface area contributed by atoms with Gasteiger partial charge in [-0.1, -0.05) is 36.7 Å². The van der Waals surface area contributed by atoms with Crippen LogP contribution in [0, 0.1) is 0 Å². The van der Waals surface area contributed by atoms with Crippen molar-refractivity contribution in [3.05, 3.63) is 58.6 Å². The third-order valence-corrected chi connectivity index (χ3v) is 5.38. The van der Waals surface area contributed by atoms with E-state index < -0.39 is 0 Å². The van der Waals surface area contributed by atoms with E-state index in [2.05, 4.69) is 28.1 Å². The van der Waals surface area contributed by atoms with E-state index in [4.69, 9.17) is 16.3 Å². The number of aryl methyl sites for hydroxylation is 1. The summed E-state index contributed by atoms with van der Waals surface area (Å²) in [6.07, 6.45) is 0.905. The molecule has 6 heteroatoms. The largest absolute Gasteiger partial charge is 0.496 e. The number of rotatable bonds is 7. The number of halogens is 1. The van der Waals surface area contributed by atoms with E-state index in [0.29, 0.717) is 6.54 Å². The first-order valence-electron chi connectivity index (χ1n) is 9.74. The van der Waals surface area contributed by atoms with Crippen LogP contribution in [0.4, 0.5) is 5.69 Å². The van der Waals surface area contributed by atoms with Gasteiger partial charge in [0.05, 0.1) is 13.7 Å². The molecule has 0 spiro atoms. The van der Waals surface area contributed by atoms with Crippen LogP contribution in [0.5, 0.6) is 5.75 Å². The van der Waals surface area contributed by atoms with Crippen LogP contribution in [0.15, 0.2) is 42.5 Å². The number of ether oxygens (including phenoxy) is 1. The first kappa shape index (κ1) is 20.6. The zero-order valence-corrected chi connectivity index (χ0v) is 17.3. The molecule has 1 aliphatic rings. The van der Waals surface area contributed by atoms with Gasteiger partial charge in [-0.15, -0.1) is 0 Å². The van der Waals surface area contributed by atoms with Crippen LogP contribution in [0.3, 0.4) is 0 Å². The van der Waals surface area contributed by atoms with E-state index in [1.807, 2.05) is 36.4 Å². The SMILES string of the molecule is CCc1ccccc1NC(=O)CN1CCN(Cc2cc(Cl)ccc2OC)CC1. The van der Waals surface area contributed by atoms with Gasteiger partial charge in [0.1, 0.15) is 5.75 Å². The Bertz CT molecular complexity index is 804. The van der Waals surface area contributed by atoms with Crippen molar-refractivity contribution in [2.24, 2.45) is 0 Å². The second kappa shape index (κ2) is 9.92. The lowest BCUT2D eigenvalue weighted by Gasteiger charge is -2.34. The van der Waals surface area contributed by atoms with E-state index in [1.54, 1.807) is 7.11 Å². The van der Waals surface area contributed by atoms with E-state index in [1.165, 1.54) is 0 Å². The third-order valence-electron chi connectivity index (χ3n) is 5.14. The Labute approximate surface area is 172 Å². The Hall–Kier alpha value is -2.08. The highest BCUT2D eigenvalue weighted by molar-refractivity contribution is 6.30. The maximum atomic E-state index is 12.4. The minimum absolute atomic E-state index is 0.0471. The predicted molar refractivity (Wildman–Crippen MR) is 114 cm³/mol. The number of nitrogens with one attached hydrogen (secondary N) is 1. The first-order chi connectivity index (χ1) is 13.6. The van der Waals surface area contributed by atoms with Crippen LogP contribution >= 0.6 is 11.6 Å². The summed E-state index contributed by atoms with van der Waals surface area (Å²) in [7, 11) is 1.68. The molecule has 28 heavy (non-hydrogen) atoms. The van der Waals surface area contributed by atoms with E-state index >= 15 is 0 Å². The topological polar surface area (TPSA) is 44.8 Å². The number of carbonyl (C=O) groups is 1. The zero-order chi connectivity index (χ0) is 19.9. The average molecular weight is 402 g/mol. The number of para-hydroxylation sites is 1. The number of benzene rings is 2. The van der Waals surface area contributed by atoms with Crippen molar-refractivity contribution >= 4 is 23.2 Å². The second-order valence-electron chi connectivity index (χ2n) is 7.07.